The molecule has 3 atom stereocenters. The van der Waals surface area contributed by atoms with E-state index in [2.05, 4.69) is 28.5 Å². The normalized spacial score (nSPS) is 32.6. The molecule has 16 heavy (non-hydrogen) atoms. The van der Waals surface area contributed by atoms with Gasteiger partial charge in [0, 0.05) is 6.04 Å². The molecule has 2 aliphatic rings. The second-order valence-corrected chi connectivity index (χ2v) is 5.05. The minimum Gasteiger partial charge on any atom is -0.341 e. The summed E-state index contributed by atoms with van der Waals surface area (Å²) in [4.78, 5) is 8.14. The number of imidazole rings is 1. The van der Waals surface area contributed by atoms with Crippen molar-refractivity contribution in [3.63, 3.8) is 0 Å². The Morgan fingerprint density at radius 3 is 2.88 bits per heavy atom. The number of aromatic amines is 1. The number of piperidine rings is 1. The van der Waals surface area contributed by atoms with Crippen molar-refractivity contribution in [3.05, 3.63) is 30.1 Å². The maximum Gasteiger partial charge on any atom is 0.124 e. The molecule has 2 unspecified atom stereocenters. The number of hydrogen-bond donors (Lipinski definition) is 2. The Hall–Kier alpha value is -1.35. The Balaban J connectivity index is 1.76. The summed E-state index contributed by atoms with van der Waals surface area (Å²) in [5.41, 5.74) is 2.24. The van der Waals surface area contributed by atoms with Gasteiger partial charge in [0.2, 0.25) is 0 Å². The van der Waals surface area contributed by atoms with Crippen LogP contribution in [0.1, 0.15) is 31.1 Å². The lowest BCUT2D eigenvalue weighted by Crippen LogP contribution is -2.29. The van der Waals surface area contributed by atoms with Gasteiger partial charge < -0.3 is 10.3 Å². The van der Waals surface area contributed by atoms with Crippen LogP contribution in [0.4, 0.5) is 0 Å². The molecule has 2 fully saturated rings. The first-order valence-corrected chi connectivity index (χ1v) is 6.11. The molecule has 1 aliphatic heterocycles. The fraction of sp³-hybridized carbons (Fsp3) is 0.462. The molecule has 2 aromatic rings. The minimum absolute atomic E-state index is 0.464. The minimum atomic E-state index is 0.464. The van der Waals surface area contributed by atoms with E-state index in [9.17, 15) is 0 Å². The molecule has 1 saturated carbocycles. The number of H-pyrrole nitrogens is 1. The zero-order valence-corrected chi connectivity index (χ0v) is 9.11. The molecule has 82 valence electrons. The smallest absolute Gasteiger partial charge is 0.124 e. The maximum absolute atomic E-state index is 4.70. The van der Waals surface area contributed by atoms with Gasteiger partial charge in [-0.15, -0.1) is 0 Å². The van der Waals surface area contributed by atoms with Crippen LogP contribution in [-0.2, 0) is 0 Å². The number of rotatable bonds is 1. The Bertz CT molecular complexity index is 498. The summed E-state index contributed by atoms with van der Waals surface area (Å²) in [7, 11) is 0. The number of benzene rings is 1. The summed E-state index contributed by atoms with van der Waals surface area (Å²) in [5.74, 6) is 1.93. The average molecular weight is 213 g/mol. The summed E-state index contributed by atoms with van der Waals surface area (Å²) in [6.07, 6.45) is 4.04. The van der Waals surface area contributed by atoms with Crippen molar-refractivity contribution in [1.29, 1.82) is 0 Å². The van der Waals surface area contributed by atoms with Crippen LogP contribution in [0.5, 0.6) is 0 Å². The van der Waals surface area contributed by atoms with Gasteiger partial charge in [-0.2, -0.15) is 0 Å². The molecule has 1 saturated heterocycles. The predicted molar refractivity (Wildman–Crippen MR) is 63.1 cm³/mol. The molecule has 0 amide bonds. The molecule has 3 heteroatoms. The Kier molecular flexibility index (Phi) is 1.68. The van der Waals surface area contributed by atoms with Crippen molar-refractivity contribution in [2.75, 3.05) is 0 Å². The van der Waals surface area contributed by atoms with E-state index in [-0.39, 0.29) is 0 Å². The average Bonchev–Trinajstić information content (AvgIpc) is 3.02. The molecule has 4 rings (SSSR count). The first-order chi connectivity index (χ1) is 7.90. The second kappa shape index (κ2) is 3.08. The van der Waals surface area contributed by atoms with E-state index in [0.29, 0.717) is 6.04 Å². The Morgan fingerprint density at radius 1 is 1.19 bits per heavy atom. The summed E-state index contributed by atoms with van der Waals surface area (Å²) < 4.78 is 0. The van der Waals surface area contributed by atoms with Gasteiger partial charge >= 0.3 is 0 Å². The highest BCUT2D eigenvalue weighted by atomic mass is 15.1. The largest absolute Gasteiger partial charge is 0.341 e. The van der Waals surface area contributed by atoms with Gasteiger partial charge in [0.25, 0.3) is 0 Å². The molecule has 2 bridgehead atoms. The lowest BCUT2D eigenvalue weighted by molar-refractivity contribution is 0.380. The third kappa shape index (κ3) is 1.15. The van der Waals surface area contributed by atoms with Crippen LogP contribution < -0.4 is 5.32 Å². The van der Waals surface area contributed by atoms with Crippen molar-refractivity contribution in [2.24, 2.45) is 5.92 Å². The molecular formula is C13H15N3. The first kappa shape index (κ1) is 8.76. The highest BCUT2D eigenvalue weighted by Crippen LogP contribution is 2.42. The number of nitrogens with one attached hydrogen (secondary N) is 2. The molecule has 0 radical (unpaired) electrons. The summed E-state index contributed by atoms with van der Waals surface area (Å²) in [6, 6.07) is 9.47. The second-order valence-electron chi connectivity index (χ2n) is 5.05. The zero-order chi connectivity index (χ0) is 10.5. The van der Waals surface area contributed by atoms with Gasteiger partial charge in [0.1, 0.15) is 5.82 Å². The molecule has 1 aliphatic carbocycles. The van der Waals surface area contributed by atoms with E-state index in [1.807, 2.05) is 6.07 Å². The van der Waals surface area contributed by atoms with Crippen molar-refractivity contribution in [1.82, 2.24) is 15.3 Å². The molecular weight excluding hydrogens is 198 g/mol. The van der Waals surface area contributed by atoms with E-state index in [0.717, 1.165) is 28.8 Å². The topological polar surface area (TPSA) is 40.7 Å². The molecule has 2 N–H and O–H groups in total. The van der Waals surface area contributed by atoms with Crippen LogP contribution >= 0.6 is 0 Å². The summed E-state index contributed by atoms with van der Waals surface area (Å²) in [5, 5.41) is 3.67. The van der Waals surface area contributed by atoms with Crippen molar-refractivity contribution in [3.8, 4) is 0 Å². The van der Waals surface area contributed by atoms with Gasteiger partial charge in [0.15, 0.2) is 0 Å². The van der Waals surface area contributed by atoms with Gasteiger partial charge in [-0.3, -0.25) is 0 Å². The van der Waals surface area contributed by atoms with Gasteiger partial charge in [0.05, 0.1) is 17.1 Å². The van der Waals surface area contributed by atoms with E-state index in [1.165, 1.54) is 19.3 Å². The maximum atomic E-state index is 4.70. The third-order valence-corrected chi connectivity index (χ3v) is 4.06. The quantitative estimate of drug-likeness (QED) is 0.763. The molecule has 3 nitrogen and oxygen atoms in total. The van der Waals surface area contributed by atoms with Gasteiger partial charge in [-0.05, 0) is 37.3 Å². The number of nitrogens with zero attached hydrogens (tertiary/aromatic N) is 1. The molecule has 0 spiro atoms. The fourth-order valence-corrected chi connectivity index (χ4v) is 3.28. The standard InChI is InChI=1S/C13H15N3/c1-2-4-11-10(3-1)15-13(16-11)12-8-5-6-9(7-8)14-12/h1-4,8-9,12,14H,5-7H2,(H,15,16)/t8?,9?,12-/m0/s1. The van der Waals surface area contributed by atoms with E-state index < -0.39 is 0 Å². The lowest BCUT2D eigenvalue weighted by atomic mass is 10.00. The zero-order valence-electron chi connectivity index (χ0n) is 9.11. The number of hydrogen-bond acceptors (Lipinski definition) is 2. The number of fused-ring (bicyclic) bond motifs is 3. The van der Waals surface area contributed by atoms with E-state index in [1.54, 1.807) is 0 Å². The molecule has 1 aromatic heterocycles. The van der Waals surface area contributed by atoms with E-state index >= 15 is 0 Å². The van der Waals surface area contributed by atoms with Crippen molar-refractivity contribution >= 4 is 11.0 Å². The Morgan fingerprint density at radius 2 is 2.12 bits per heavy atom. The third-order valence-electron chi connectivity index (χ3n) is 4.06. The number of para-hydroxylation sites is 2. The van der Waals surface area contributed by atoms with E-state index in [4.69, 9.17) is 4.98 Å². The van der Waals surface area contributed by atoms with Crippen LogP contribution in [0.3, 0.4) is 0 Å². The molecule has 2 heterocycles. The van der Waals surface area contributed by atoms with Crippen molar-refractivity contribution < 1.29 is 0 Å². The number of aromatic nitrogens is 2. The predicted octanol–water partition coefficient (Wildman–Crippen LogP) is 2.38. The fourth-order valence-electron chi connectivity index (χ4n) is 3.28. The SMILES string of the molecule is c1ccc2[nH]c([C@H]3NC4CCC3C4)nc2c1. The summed E-state index contributed by atoms with van der Waals surface area (Å²) >= 11 is 0. The Labute approximate surface area is 94.3 Å². The van der Waals surface area contributed by atoms with Gasteiger partial charge in [-0.25, -0.2) is 4.98 Å². The molecule has 1 aromatic carbocycles. The van der Waals surface area contributed by atoms with Crippen LogP contribution in [0.15, 0.2) is 24.3 Å². The lowest BCUT2D eigenvalue weighted by Gasteiger charge is -2.20. The highest BCUT2D eigenvalue weighted by Gasteiger charge is 2.41. The first-order valence-electron chi connectivity index (χ1n) is 6.11. The van der Waals surface area contributed by atoms with Crippen molar-refractivity contribution in [2.45, 2.75) is 31.3 Å². The monoisotopic (exact) mass is 213 g/mol. The van der Waals surface area contributed by atoms with Crippen LogP contribution in [0, 0.1) is 5.92 Å². The van der Waals surface area contributed by atoms with Gasteiger partial charge in [-0.1, -0.05) is 12.1 Å². The highest BCUT2D eigenvalue weighted by molar-refractivity contribution is 5.74. The summed E-state index contributed by atoms with van der Waals surface area (Å²) in [6.45, 7) is 0. The van der Waals surface area contributed by atoms with Crippen LogP contribution in [0.2, 0.25) is 0 Å². The van der Waals surface area contributed by atoms with Crippen LogP contribution in [0.25, 0.3) is 11.0 Å². The van der Waals surface area contributed by atoms with Crippen LogP contribution in [-0.4, -0.2) is 16.0 Å².